The van der Waals surface area contributed by atoms with Gasteiger partial charge in [-0.3, -0.25) is 14.1 Å². The average Bonchev–Trinajstić information content (AvgIpc) is 2.79. The van der Waals surface area contributed by atoms with Crippen LogP contribution in [-0.4, -0.2) is 61.7 Å². The van der Waals surface area contributed by atoms with E-state index in [1.165, 1.54) is 0 Å². The SMILES string of the molecule is COC1CCC2(CC1)OCC(CN=C(N)N)O2.O=S(=O)(O)O. The van der Waals surface area contributed by atoms with E-state index in [0.717, 1.165) is 25.7 Å². The van der Waals surface area contributed by atoms with Gasteiger partial charge in [0.1, 0.15) is 6.10 Å². The van der Waals surface area contributed by atoms with Gasteiger partial charge >= 0.3 is 10.4 Å². The molecule has 2 fully saturated rings. The van der Waals surface area contributed by atoms with Crippen molar-refractivity contribution in [1.29, 1.82) is 0 Å². The first-order valence-corrected chi connectivity index (χ1v) is 8.13. The quantitative estimate of drug-likeness (QED) is 0.295. The highest BCUT2D eigenvalue weighted by atomic mass is 32.3. The van der Waals surface area contributed by atoms with Gasteiger partial charge < -0.3 is 25.7 Å². The standard InChI is InChI=1S/C11H21N3O3.H2O4S/c1-15-8-2-4-11(5-3-8)16-7-9(17-11)6-14-10(12)13;1-5(2,3)4/h8-9H,2-7H2,1H3,(H4,12,13,14);(H2,1,2,3,4). The summed E-state index contributed by atoms with van der Waals surface area (Å²) in [6, 6.07) is 0. The molecule has 1 aliphatic heterocycles. The van der Waals surface area contributed by atoms with Gasteiger partial charge in [0, 0.05) is 20.0 Å². The van der Waals surface area contributed by atoms with E-state index in [1.54, 1.807) is 7.11 Å². The van der Waals surface area contributed by atoms with Crippen molar-refractivity contribution in [2.75, 3.05) is 20.3 Å². The number of nitrogens with two attached hydrogens (primary N) is 2. The topological polar surface area (TPSA) is 167 Å². The van der Waals surface area contributed by atoms with Gasteiger partial charge in [0.2, 0.25) is 0 Å². The Labute approximate surface area is 129 Å². The summed E-state index contributed by atoms with van der Waals surface area (Å²) in [5, 5.41) is 0. The van der Waals surface area contributed by atoms with E-state index in [1.807, 2.05) is 0 Å². The fraction of sp³-hybridized carbons (Fsp3) is 0.909. The van der Waals surface area contributed by atoms with Crippen LogP contribution >= 0.6 is 0 Å². The third-order valence-electron chi connectivity index (χ3n) is 3.42. The summed E-state index contributed by atoms with van der Waals surface area (Å²) >= 11 is 0. The number of hydrogen-bond donors (Lipinski definition) is 4. The molecule has 0 aromatic carbocycles. The van der Waals surface area contributed by atoms with Crippen LogP contribution in [0.4, 0.5) is 0 Å². The van der Waals surface area contributed by atoms with Gasteiger partial charge in [-0.05, 0) is 12.8 Å². The molecule has 0 radical (unpaired) electrons. The van der Waals surface area contributed by atoms with Crippen LogP contribution in [-0.2, 0) is 24.6 Å². The van der Waals surface area contributed by atoms with Gasteiger partial charge in [-0.1, -0.05) is 0 Å². The molecule has 1 spiro atoms. The second-order valence-corrected chi connectivity index (χ2v) is 6.01. The zero-order valence-corrected chi connectivity index (χ0v) is 13.2. The first-order chi connectivity index (χ1) is 10.1. The Kier molecular flexibility index (Phi) is 6.97. The highest BCUT2D eigenvalue weighted by molar-refractivity contribution is 7.79. The maximum atomic E-state index is 8.74. The smallest absolute Gasteiger partial charge is 0.381 e. The molecule has 1 saturated carbocycles. The summed E-state index contributed by atoms with van der Waals surface area (Å²) in [7, 11) is -2.92. The van der Waals surface area contributed by atoms with Crippen molar-refractivity contribution < 1.29 is 31.7 Å². The molecule has 1 unspecified atom stereocenters. The van der Waals surface area contributed by atoms with Gasteiger partial charge in [0.05, 0.1) is 19.3 Å². The van der Waals surface area contributed by atoms with Crippen molar-refractivity contribution in [2.24, 2.45) is 16.5 Å². The Bertz CT molecular complexity index is 462. The molecule has 130 valence electrons. The Balaban J connectivity index is 0.000000422. The normalized spacial score (nSPS) is 31.4. The zero-order chi connectivity index (χ0) is 16.8. The van der Waals surface area contributed by atoms with Gasteiger partial charge in [-0.2, -0.15) is 8.42 Å². The molecule has 22 heavy (non-hydrogen) atoms. The molecule has 1 atom stereocenters. The van der Waals surface area contributed by atoms with Crippen LogP contribution in [0.3, 0.4) is 0 Å². The average molecular weight is 341 g/mol. The lowest BCUT2D eigenvalue weighted by molar-refractivity contribution is -0.198. The largest absolute Gasteiger partial charge is 0.394 e. The number of aliphatic imine (C=N–C) groups is 1. The van der Waals surface area contributed by atoms with Crippen molar-refractivity contribution in [3.05, 3.63) is 0 Å². The predicted molar refractivity (Wildman–Crippen MR) is 77.7 cm³/mol. The lowest BCUT2D eigenvalue weighted by atomic mass is 9.92. The van der Waals surface area contributed by atoms with Crippen molar-refractivity contribution in [1.82, 2.24) is 0 Å². The summed E-state index contributed by atoms with van der Waals surface area (Å²) in [5.74, 6) is -0.323. The minimum absolute atomic E-state index is 0.0313. The molecule has 11 heteroatoms. The Morgan fingerprint density at radius 3 is 2.36 bits per heavy atom. The maximum Gasteiger partial charge on any atom is 0.394 e. The fourth-order valence-electron chi connectivity index (χ4n) is 2.44. The summed E-state index contributed by atoms with van der Waals surface area (Å²) in [6.07, 6.45) is 4.02. The van der Waals surface area contributed by atoms with Crippen LogP contribution in [0.25, 0.3) is 0 Å². The predicted octanol–water partition coefficient (Wildman–Crippen LogP) is -0.692. The number of methoxy groups -OCH3 is 1. The van der Waals surface area contributed by atoms with Crippen LogP contribution < -0.4 is 11.5 Å². The first kappa shape index (κ1) is 19.1. The summed E-state index contributed by atoms with van der Waals surface area (Å²) in [4.78, 5) is 3.96. The first-order valence-electron chi connectivity index (χ1n) is 6.73. The highest BCUT2D eigenvalue weighted by Gasteiger charge is 2.44. The van der Waals surface area contributed by atoms with E-state index in [0.29, 0.717) is 19.3 Å². The van der Waals surface area contributed by atoms with Crippen molar-refractivity contribution >= 4 is 16.4 Å². The Morgan fingerprint density at radius 1 is 1.36 bits per heavy atom. The van der Waals surface area contributed by atoms with Gasteiger partial charge in [0.25, 0.3) is 0 Å². The zero-order valence-electron chi connectivity index (χ0n) is 12.3. The van der Waals surface area contributed by atoms with Crippen LogP contribution in [0.15, 0.2) is 4.99 Å². The van der Waals surface area contributed by atoms with Gasteiger partial charge in [-0.25, -0.2) is 0 Å². The molecule has 1 heterocycles. The van der Waals surface area contributed by atoms with E-state index < -0.39 is 16.2 Å². The number of nitrogens with zero attached hydrogens (tertiary/aromatic N) is 1. The van der Waals surface area contributed by atoms with E-state index in [4.69, 9.17) is 43.2 Å². The maximum absolute atomic E-state index is 8.74. The number of guanidine groups is 1. The lowest BCUT2D eigenvalue weighted by Gasteiger charge is -2.35. The molecule has 1 aliphatic carbocycles. The van der Waals surface area contributed by atoms with Crippen molar-refractivity contribution in [3.63, 3.8) is 0 Å². The summed E-state index contributed by atoms with van der Waals surface area (Å²) in [6.45, 7) is 1.03. The van der Waals surface area contributed by atoms with E-state index in [9.17, 15) is 0 Å². The Morgan fingerprint density at radius 2 is 1.91 bits per heavy atom. The monoisotopic (exact) mass is 341 g/mol. The molecular formula is C11H23N3O7S. The second-order valence-electron chi connectivity index (χ2n) is 5.11. The summed E-state index contributed by atoms with van der Waals surface area (Å²) in [5.41, 5.74) is 10.6. The molecular weight excluding hydrogens is 318 g/mol. The van der Waals surface area contributed by atoms with E-state index >= 15 is 0 Å². The molecule has 6 N–H and O–H groups in total. The minimum atomic E-state index is -4.67. The molecule has 0 bridgehead atoms. The molecule has 0 aromatic heterocycles. The number of hydrogen-bond acceptors (Lipinski definition) is 6. The lowest BCUT2D eigenvalue weighted by Crippen LogP contribution is -2.38. The molecule has 1 saturated heterocycles. The molecule has 2 rings (SSSR count). The number of ether oxygens (including phenoxy) is 3. The summed E-state index contributed by atoms with van der Waals surface area (Å²) < 4.78 is 48.6. The molecule has 10 nitrogen and oxygen atoms in total. The van der Waals surface area contributed by atoms with Crippen LogP contribution in [0.2, 0.25) is 0 Å². The van der Waals surface area contributed by atoms with Crippen molar-refractivity contribution in [2.45, 2.75) is 43.7 Å². The molecule has 2 aliphatic rings. The third kappa shape index (κ3) is 7.33. The highest BCUT2D eigenvalue weighted by Crippen LogP contribution is 2.38. The van der Waals surface area contributed by atoms with E-state index in [-0.39, 0.29) is 12.1 Å². The molecule has 0 aromatic rings. The van der Waals surface area contributed by atoms with Gasteiger partial charge in [-0.15, -0.1) is 0 Å². The Hall–Kier alpha value is -0.980. The third-order valence-corrected chi connectivity index (χ3v) is 3.42. The van der Waals surface area contributed by atoms with Crippen LogP contribution in [0.5, 0.6) is 0 Å². The van der Waals surface area contributed by atoms with Gasteiger partial charge in [0.15, 0.2) is 11.7 Å². The minimum Gasteiger partial charge on any atom is -0.381 e. The van der Waals surface area contributed by atoms with Crippen LogP contribution in [0.1, 0.15) is 25.7 Å². The van der Waals surface area contributed by atoms with E-state index in [2.05, 4.69) is 4.99 Å². The van der Waals surface area contributed by atoms with Crippen molar-refractivity contribution in [3.8, 4) is 0 Å². The number of rotatable bonds is 3. The fourth-order valence-corrected chi connectivity index (χ4v) is 2.44. The molecule has 0 amide bonds. The van der Waals surface area contributed by atoms with Crippen LogP contribution in [0, 0.1) is 0 Å². The second kappa shape index (κ2) is 8.04.